The van der Waals surface area contributed by atoms with Gasteiger partial charge in [0.15, 0.2) is 0 Å². The second-order valence-corrected chi connectivity index (χ2v) is 6.81. The van der Waals surface area contributed by atoms with Gasteiger partial charge in [-0.1, -0.05) is 45.7 Å². The van der Waals surface area contributed by atoms with E-state index < -0.39 is 0 Å². The van der Waals surface area contributed by atoms with E-state index in [0.29, 0.717) is 0 Å². The molecule has 0 heterocycles. The fraction of sp³-hybridized carbons (Fsp3) is 0.200. The molecule has 1 nitrogen and oxygen atoms in total. The molecule has 0 bridgehead atoms. The number of nitrogens with one attached hydrogen (secondary N) is 1. The van der Waals surface area contributed by atoms with Gasteiger partial charge in [0.1, 0.15) is 0 Å². The minimum Gasteiger partial charge on any atom is -0.313 e. The second-order valence-electron chi connectivity index (χ2n) is 4.30. The number of hydrogen-bond donors (Lipinski definition) is 1. The summed E-state index contributed by atoms with van der Waals surface area (Å²) in [6.07, 6.45) is 0.870. The summed E-state index contributed by atoms with van der Waals surface area (Å²) in [6.45, 7) is 0. The highest BCUT2D eigenvalue weighted by molar-refractivity contribution is 14.1. The van der Waals surface area contributed by atoms with Crippen molar-refractivity contribution in [2.45, 2.75) is 12.5 Å². The van der Waals surface area contributed by atoms with Gasteiger partial charge in [-0.15, -0.1) is 0 Å². The van der Waals surface area contributed by atoms with Crippen molar-refractivity contribution in [2.75, 3.05) is 7.05 Å². The Morgan fingerprint density at radius 3 is 2.68 bits per heavy atom. The van der Waals surface area contributed by atoms with Crippen molar-refractivity contribution < 1.29 is 0 Å². The molecule has 0 aliphatic carbocycles. The molecule has 0 aliphatic rings. The van der Waals surface area contributed by atoms with E-state index in [-0.39, 0.29) is 6.04 Å². The van der Waals surface area contributed by atoms with Gasteiger partial charge in [-0.25, -0.2) is 0 Å². The fourth-order valence-corrected chi connectivity index (χ4v) is 3.28. The lowest BCUT2D eigenvalue weighted by molar-refractivity contribution is 0.589. The van der Waals surface area contributed by atoms with Gasteiger partial charge in [-0.05, 0) is 71.5 Å². The number of rotatable bonds is 4. The Morgan fingerprint density at radius 1 is 1.26 bits per heavy atom. The van der Waals surface area contributed by atoms with Crippen LogP contribution in [-0.2, 0) is 6.42 Å². The lowest BCUT2D eigenvalue weighted by Crippen LogP contribution is -2.19. The topological polar surface area (TPSA) is 12.0 Å². The van der Waals surface area contributed by atoms with Crippen molar-refractivity contribution in [2.24, 2.45) is 0 Å². The molecule has 0 aliphatic heterocycles. The highest BCUT2D eigenvalue weighted by atomic mass is 127. The fourth-order valence-electron chi connectivity index (χ4n) is 2.03. The number of likely N-dealkylation sites (N-methyl/N-ethyl adjacent to an activating group) is 1. The van der Waals surface area contributed by atoms with Gasteiger partial charge in [0, 0.05) is 19.1 Å². The van der Waals surface area contributed by atoms with Gasteiger partial charge in [-0.3, -0.25) is 0 Å². The molecule has 1 unspecified atom stereocenters. The summed E-state index contributed by atoms with van der Waals surface area (Å²) in [5.74, 6) is 0. The lowest BCUT2D eigenvalue weighted by atomic mass is 9.99. The van der Waals surface area contributed by atoms with Crippen molar-refractivity contribution in [3.05, 3.63) is 66.7 Å². The first kappa shape index (κ1) is 15.3. The van der Waals surface area contributed by atoms with Crippen LogP contribution in [0, 0.1) is 3.57 Å². The number of halogens is 3. The summed E-state index contributed by atoms with van der Waals surface area (Å²) in [5.41, 5.74) is 2.42. The molecule has 19 heavy (non-hydrogen) atoms. The van der Waals surface area contributed by atoms with E-state index in [1.165, 1.54) is 9.13 Å². The van der Waals surface area contributed by atoms with Gasteiger partial charge in [0.05, 0.1) is 0 Å². The first-order valence-electron chi connectivity index (χ1n) is 5.97. The average Bonchev–Trinajstić information content (AvgIpc) is 2.41. The molecule has 4 heteroatoms. The minimum atomic E-state index is 0.240. The molecule has 1 atom stereocenters. The van der Waals surface area contributed by atoms with Gasteiger partial charge in [-0.2, -0.15) is 0 Å². The monoisotopic (exact) mass is 449 g/mol. The van der Waals surface area contributed by atoms with Crippen LogP contribution < -0.4 is 5.32 Å². The molecule has 2 aromatic carbocycles. The Balaban J connectivity index is 2.30. The first-order valence-corrected chi connectivity index (χ1v) is 8.22. The third-order valence-corrected chi connectivity index (χ3v) is 4.83. The minimum absolute atomic E-state index is 0.240. The van der Waals surface area contributed by atoms with E-state index >= 15 is 0 Å². The lowest BCUT2D eigenvalue weighted by Gasteiger charge is -2.19. The molecule has 100 valence electrons. The molecule has 0 saturated carbocycles. The van der Waals surface area contributed by atoms with E-state index in [4.69, 9.17) is 11.6 Å². The van der Waals surface area contributed by atoms with E-state index in [1.807, 2.05) is 25.2 Å². The van der Waals surface area contributed by atoms with Crippen molar-refractivity contribution in [3.8, 4) is 0 Å². The van der Waals surface area contributed by atoms with Crippen LogP contribution in [0.3, 0.4) is 0 Å². The van der Waals surface area contributed by atoms with Crippen molar-refractivity contribution in [1.29, 1.82) is 0 Å². The third kappa shape index (κ3) is 3.94. The normalized spacial score (nSPS) is 12.4. The van der Waals surface area contributed by atoms with Crippen LogP contribution in [0.25, 0.3) is 0 Å². The van der Waals surface area contributed by atoms with Crippen molar-refractivity contribution in [3.63, 3.8) is 0 Å². The predicted octanol–water partition coefficient (Wildman–Crippen LogP) is 5.21. The third-order valence-electron chi connectivity index (χ3n) is 3.06. The van der Waals surface area contributed by atoms with Crippen LogP contribution in [0.1, 0.15) is 17.2 Å². The van der Waals surface area contributed by atoms with Crippen LogP contribution in [0.4, 0.5) is 0 Å². The Labute approximate surface area is 141 Å². The second kappa shape index (κ2) is 7.07. The van der Waals surface area contributed by atoms with Crippen molar-refractivity contribution >= 4 is 50.1 Å². The summed E-state index contributed by atoms with van der Waals surface area (Å²) < 4.78 is 2.36. The summed E-state index contributed by atoms with van der Waals surface area (Å²) in [7, 11) is 1.98. The Bertz CT molecular complexity index is 574. The number of hydrogen-bond acceptors (Lipinski definition) is 1. The molecule has 0 aromatic heterocycles. The summed E-state index contributed by atoms with van der Waals surface area (Å²) in [6, 6.07) is 14.6. The Hall–Kier alpha value is -0.100. The largest absolute Gasteiger partial charge is 0.313 e. The predicted molar refractivity (Wildman–Crippen MR) is 93.8 cm³/mol. The van der Waals surface area contributed by atoms with E-state index in [0.717, 1.165) is 21.5 Å². The Kier molecular flexibility index (Phi) is 5.69. The maximum atomic E-state index is 6.24. The SMILES string of the molecule is CNC(Cc1ccccc1Cl)c1cc(I)ccc1Br. The molecule has 0 saturated heterocycles. The highest BCUT2D eigenvalue weighted by Gasteiger charge is 2.15. The van der Waals surface area contributed by atoms with Crippen LogP contribution in [0.2, 0.25) is 5.02 Å². The maximum absolute atomic E-state index is 6.24. The summed E-state index contributed by atoms with van der Waals surface area (Å²) >= 11 is 12.2. The summed E-state index contributed by atoms with van der Waals surface area (Å²) in [4.78, 5) is 0. The standard InChI is InChI=1S/C15H14BrClIN/c1-19-15(8-10-4-2-3-5-14(10)17)12-9-11(18)6-7-13(12)16/h2-7,9,15,19H,8H2,1H3. The van der Waals surface area contributed by atoms with E-state index in [9.17, 15) is 0 Å². The van der Waals surface area contributed by atoms with Crippen molar-refractivity contribution in [1.82, 2.24) is 5.32 Å². The van der Waals surface area contributed by atoms with E-state index in [1.54, 1.807) is 0 Å². The quantitative estimate of drug-likeness (QED) is 0.631. The number of benzene rings is 2. The average molecular weight is 451 g/mol. The molecule has 2 aromatic rings. The van der Waals surface area contributed by atoms with Gasteiger partial charge in [0.2, 0.25) is 0 Å². The van der Waals surface area contributed by atoms with Crippen LogP contribution >= 0.6 is 50.1 Å². The van der Waals surface area contributed by atoms with Gasteiger partial charge < -0.3 is 5.32 Å². The van der Waals surface area contributed by atoms with Crippen LogP contribution in [-0.4, -0.2) is 7.05 Å². The molecule has 1 N–H and O–H groups in total. The van der Waals surface area contributed by atoms with Crippen LogP contribution in [0.15, 0.2) is 46.9 Å². The van der Waals surface area contributed by atoms with Gasteiger partial charge >= 0.3 is 0 Å². The smallest absolute Gasteiger partial charge is 0.0438 e. The molecule has 0 radical (unpaired) electrons. The summed E-state index contributed by atoms with van der Waals surface area (Å²) in [5, 5.41) is 4.19. The van der Waals surface area contributed by atoms with Crippen LogP contribution in [0.5, 0.6) is 0 Å². The molecular weight excluding hydrogens is 436 g/mol. The van der Waals surface area contributed by atoms with Gasteiger partial charge in [0.25, 0.3) is 0 Å². The Morgan fingerprint density at radius 2 is 2.00 bits per heavy atom. The zero-order chi connectivity index (χ0) is 13.8. The molecule has 0 fully saturated rings. The zero-order valence-corrected chi connectivity index (χ0v) is 15.0. The maximum Gasteiger partial charge on any atom is 0.0438 e. The zero-order valence-electron chi connectivity index (χ0n) is 10.5. The molecule has 0 spiro atoms. The molecule has 2 rings (SSSR count). The molecule has 0 amide bonds. The molecular formula is C15H14BrClIN. The highest BCUT2D eigenvalue weighted by Crippen LogP contribution is 2.29. The first-order chi connectivity index (χ1) is 9.11. The van der Waals surface area contributed by atoms with E-state index in [2.05, 4.69) is 68.1 Å².